The molecule has 0 aromatic carbocycles. The van der Waals surface area contributed by atoms with Crippen LogP contribution in [0.2, 0.25) is 0 Å². The molecule has 20 heavy (non-hydrogen) atoms. The molecule has 6 nitrogen and oxygen atoms in total. The quantitative estimate of drug-likeness (QED) is 0.866. The van der Waals surface area contributed by atoms with Gasteiger partial charge in [-0.15, -0.1) is 0 Å². The molecule has 0 aliphatic carbocycles. The molecular formula is C14H23N3O3. The maximum Gasteiger partial charge on any atom is 0.254 e. The van der Waals surface area contributed by atoms with Gasteiger partial charge in [-0.25, -0.2) is 4.68 Å². The summed E-state index contributed by atoms with van der Waals surface area (Å²) in [4.78, 5) is 12.1. The third-order valence-electron chi connectivity index (χ3n) is 3.34. The average Bonchev–Trinajstić information content (AvgIpc) is 3.06. The molecule has 1 aliphatic rings. The van der Waals surface area contributed by atoms with Crippen molar-refractivity contribution in [3.05, 3.63) is 12.3 Å². The number of amides is 1. The second-order valence-corrected chi connectivity index (χ2v) is 5.35. The van der Waals surface area contributed by atoms with Crippen LogP contribution in [0.3, 0.4) is 0 Å². The number of carbonyl (C=O) groups is 1. The van der Waals surface area contributed by atoms with Crippen LogP contribution in [0.5, 0.6) is 0 Å². The van der Waals surface area contributed by atoms with Gasteiger partial charge < -0.3 is 14.8 Å². The molecule has 112 valence electrons. The summed E-state index contributed by atoms with van der Waals surface area (Å²) in [6.45, 7) is 7.04. The normalized spacial score (nSPS) is 20.3. The molecule has 2 unspecified atom stereocenters. The fraction of sp³-hybridized carbons (Fsp3) is 0.714. The van der Waals surface area contributed by atoms with Gasteiger partial charge in [0.2, 0.25) is 0 Å². The van der Waals surface area contributed by atoms with E-state index in [1.807, 2.05) is 13.8 Å². The van der Waals surface area contributed by atoms with E-state index in [9.17, 15) is 4.79 Å². The third kappa shape index (κ3) is 3.80. The Kier molecular flexibility index (Phi) is 5.14. The lowest BCUT2D eigenvalue weighted by Gasteiger charge is -2.17. The van der Waals surface area contributed by atoms with Crippen molar-refractivity contribution in [2.75, 3.05) is 18.5 Å². The summed E-state index contributed by atoms with van der Waals surface area (Å²) in [5, 5.41) is 7.02. The Hall–Kier alpha value is -1.40. The third-order valence-corrected chi connectivity index (χ3v) is 3.34. The van der Waals surface area contributed by atoms with Crippen LogP contribution >= 0.6 is 0 Å². The lowest BCUT2D eigenvalue weighted by Crippen LogP contribution is -2.31. The van der Waals surface area contributed by atoms with E-state index >= 15 is 0 Å². The first-order valence-corrected chi connectivity index (χ1v) is 7.15. The van der Waals surface area contributed by atoms with E-state index in [1.54, 1.807) is 23.9 Å². The number of hydrogen-bond acceptors (Lipinski definition) is 4. The van der Waals surface area contributed by atoms with Crippen molar-refractivity contribution >= 4 is 11.7 Å². The Morgan fingerprint density at radius 1 is 1.60 bits per heavy atom. The molecule has 1 amide bonds. The highest BCUT2D eigenvalue weighted by Gasteiger charge is 2.20. The average molecular weight is 281 g/mol. The molecule has 1 aromatic heterocycles. The fourth-order valence-electron chi connectivity index (χ4n) is 2.16. The van der Waals surface area contributed by atoms with Gasteiger partial charge in [-0.05, 0) is 33.6 Å². The van der Waals surface area contributed by atoms with Crippen molar-refractivity contribution < 1.29 is 14.3 Å². The van der Waals surface area contributed by atoms with E-state index in [0.29, 0.717) is 12.4 Å². The summed E-state index contributed by atoms with van der Waals surface area (Å²) in [7, 11) is 0. The smallest absolute Gasteiger partial charge is 0.254 e. The molecule has 2 heterocycles. The van der Waals surface area contributed by atoms with Gasteiger partial charge in [0.25, 0.3) is 5.91 Å². The van der Waals surface area contributed by atoms with Crippen molar-refractivity contribution in [2.24, 2.45) is 0 Å². The molecule has 0 radical (unpaired) electrons. The number of carbonyl (C=O) groups excluding carboxylic acids is 1. The number of rotatable bonds is 6. The van der Waals surface area contributed by atoms with Crippen molar-refractivity contribution in [1.29, 1.82) is 0 Å². The van der Waals surface area contributed by atoms with Crippen LogP contribution in [0.4, 0.5) is 5.82 Å². The Bertz CT molecular complexity index is 439. The summed E-state index contributed by atoms with van der Waals surface area (Å²) in [6, 6.07) is 1.98. The molecule has 1 saturated heterocycles. The summed E-state index contributed by atoms with van der Waals surface area (Å²) >= 11 is 0. The lowest BCUT2D eigenvalue weighted by atomic mass is 10.2. The number of hydrogen-bond donors (Lipinski definition) is 1. The Labute approximate surface area is 119 Å². The van der Waals surface area contributed by atoms with Gasteiger partial charge in [-0.3, -0.25) is 4.79 Å². The highest BCUT2D eigenvalue weighted by Crippen LogP contribution is 2.15. The molecule has 0 spiro atoms. The van der Waals surface area contributed by atoms with Crippen molar-refractivity contribution in [2.45, 2.75) is 51.9 Å². The fourth-order valence-corrected chi connectivity index (χ4v) is 2.16. The summed E-state index contributed by atoms with van der Waals surface area (Å²) < 4.78 is 12.8. The largest absolute Gasteiger partial charge is 0.376 e. The van der Waals surface area contributed by atoms with E-state index in [0.717, 1.165) is 19.4 Å². The van der Waals surface area contributed by atoms with Crippen molar-refractivity contribution in [3.63, 3.8) is 0 Å². The van der Waals surface area contributed by atoms with Gasteiger partial charge in [-0.1, -0.05) is 0 Å². The predicted molar refractivity (Wildman–Crippen MR) is 75.6 cm³/mol. The molecule has 2 atom stereocenters. The highest BCUT2D eigenvalue weighted by molar-refractivity contribution is 5.93. The molecule has 1 fully saturated rings. The number of aromatic nitrogens is 2. The first kappa shape index (κ1) is 15.0. The first-order chi connectivity index (χ1) is 9.58. The molecule has 0 bridgehead atoms. The molecule has 0 saturated carbocycles. The van der Waals surface area contributed by atoms with E-state index in [4.69, 9.17) is 9.47 Å². The first-order valence-electron chi connectivity index (χ1n) is 7.15. The molecule has 1 aromatic rings. The zero-order valence-corrected chi connectivity index (χ0v) is 12.3. The standard InChI is InChI=1S/C14H23N3O3/c1-10(2)17-13(6-7-15-17)16-14(18)11(3)20-9-12-5-4-8-19-12/h6-7,10-12H,4-5,8-9H2,1-3H3,(H,16,18). The SMILES string of the molecule is CC(OCC1CCCO1)C(=O)Nc1ccnn1C(C)C. The van der Waals surface area contributed by atoms with E-state index in [-0.39, 0.29) is 18.1 Å². The zero-order valence-electron chi connectivity index (χ0n) is 12.3. The van der Waals surface area contributed by atoms with Crippen molar-refractivity contribution in [1.82, 2.24) is 9.78 Å². The van der Waals surface area contributed by atoms with Gasteiger partial charge in [0.05, 0.1) is 18.9 Å². The predicted octanol–water partition coefficient (Wildman–Crippen LogP) is 1.99. The van der Waals surface area contributed by atoms with Crippen LogP contribution in [0.15, 0.2) is 12.3 Å². The maximum atomic E-state index is 12.1. The molecule has 1 N–H and O–H groups in total. The summed E-state index contributed by atoms with van der Waals surface area (Å²) in [6.07, 6.45) is 3.38. The van der Waals surface area contributed by atoms with Crippen LogP contribution in [-0.2, 0) is 14.3 Å². The number of ether oxygens (including phenoxy) is 2. The van der Waals surface area contributed by atoms with Gasteiger partial charge in [-0.2, -0.15) is 5.10 Å². The molecule has 1 aliphatic heterocycles. The van der Waals surface area contributed by atoms with E-state index in [2.05, 4.69) is 10.4 Å². The van der Waals surface area contributed by atoms with Crippen molar-refractivity contribution in [3.8, 4) is 0 Å². The topological polar surface area (TPSA) is 65.4 Å². The second kappa shape index (κ2) is 6.85. The Morgan fingerprint density at radius 2 is 2.40 bits per heavy atom. The highest BCUT2D eigenvalue weighted by atomic mass is 16.5. The van der Waals surface area contributed by atoms with Gasteiger partial charge in [0, 0.05) is 18.7 Å². The van der Waals surface area contributed by atoms with Crippen LogP contribution in [0, 0.1) is 0 Å². The summed E-state index contributed by atoms with van der Waals surface area (Å²) in [5.74, 6) is 0.531. The number of nitrogens with zero attached hydrogens (tertiary/aromatic N) is 2. The van der Waals surface area contributed by atoms with Gasteiger partial charge in [0.1, 0.15) is 11.9 Å². The number of anilines is 1. The molecule has 6 heteroatoms. The number of nitrogens with one attached hydrogen (secondary N) is 1. The van der Waals surface area contributed by atoms with E-state index in [1.165, 1.54) is 0 Å². The Morgan fingerprint density at radius 3 is 3.05 bits per heavy atom. The molecular weight excluding hydrogens is 258 g/mol. The summed E-state index contributed by atoms with van der Waals surface area (Å²) in [5.41, 5.74) is 0. The molecule has 2 rings (SSSR count). The van der Waals surface area contributed by atoms with Crippen LogP contribution in [0.1, 0.15) is 39.7 Å². The minimum atomic E-state index is -0.505. The maximum absolute atomic E-state index is 12.1. The van der Waals surface area contributed by atoms with Crippen LogP contribution < -0.4 is 5.32 Å². The van der Waals surface area contributed by atoms with Gasteiger partial charge >= 0.3 is 0 Å². The Balaban J connectivity index is 1.82. The van der Waals surface area contributed by atoms with Crippen LogP contribution in [0.25, 0.3) is 0 Å². The lowest BCUT2D eigenvalue weighted by molar-refractivity contribution is -0.128. The monoisotopic (exact) mass is 281 g/mol. The van der Waals surface area contributed by atoms with Crippen LogP contribution in [-0.4, -0.2) is 41.1 Å². The zero-order chi connectivity index (χ0) is 14.5. The van der Waals surface area contributed by atoms with E-state index < -0.39 is 6.10 Å². The second-order valence-electron chi connectivity index (χ2n) is 5.35. The van der Waals surface area contributed by atoms with Gasteiger partial charge in [0.15, 0.2) is 0 Å². The minimum Gasteiger partial charge on any atom is -0.376 e. The minimum absolute atomic E-state index is 0.131.